The van der Waals surface area contributed by atoms with E-state index in [1.807, 2.05) is 66.9 Å². The van der Waals surface area contributed by atoms with Gasteiger partial charge < -0.3 is 14.0 Å². The Morgan fingerprint density at radius 1 is 0.941 bits per heavy atom. The Bertz CT molecular complexity index is 2280. The lowest BCUT2D eigenvalue weighted by Crippen LogP contribution is -2.35. The molecule has 0 radical (unpaired) electrons. The molecular weight excluding hydrogens is 702 g/mol. The number of nitrogens with one attached hydrogen (secondary N) is 1. The standard InChI is InChI=1S/C40H36ClN3O5S2/c1-26-21-33-36(48-24-32-18-15-30(22-42-32)28-9-5-3-6-10-28)20-19-34-37(33)39(50-26)35(44(34)23-27-13-16-31(41)17-14-27)25-49-38(29-11-7-4-8-12-29)40(45)43-51(2,46)47/h3-20,22,26,38H,21,23-25H2,1-2H3,(H,43,45). The van der Waals surface area contributed by atoms with E-state index in [4.69, 9.17) is 21.1 Å². The van der Waals surface area contributed by atoms with Gasteiger partial charge in [-0.15, -0.1) is 11.8 Å². The summed E-state index contributed by atoms with van der Waals surface area (Å²) >= 11 is 8.00. The van der Waals surface area contributed by atoms with E-state index < -0.39 is 22.0 Å². The van der Waals surface area contributed by atoms with Crippen molar-refractivity contribution in [3.8, 4) is 16.9 Å². The quantitative estimate of drug-likeness (QED) is 0.135. The molecule has 51 heavy (non-hydrogen) atoms. The Labute approximate surface area is 306 Å². The van der Waals surface area contributed by atoms with E-state index in [2.05, 4.69) is 45.5 Å². The Morgan fingerprint density at radius 3 is 2.35 bits per heavy atom. The maximum Gasteiger partial charge on any atom is 0.267 e. The first kappa shape index (κ1) is 34.8. The number of nitrogens with zero attached hydrogens (tertiary/aromatic N) is 2. The van der Waals surface area contributed by atoms with Gasteiger partial charge in [-0.3, -0.25) is 14.5 Å². The first-order valence-corrected chi connectivity index (χ1v) is 19.7. The van der Waals surface area contributed by atoms with Crippen molar-refractivity contribution in [3.05, 3.63) is 148 Å². The largest absolute Gasteiger partial charge is 0.487 e. The van der Waals surface area contributed by atoms with Gasteiger partial charge in [-0.2, -0.15) is 0 Å². The SMILES string of the molecule is CC1Cc2c(OCc3ccc(-c4ccccc4)cn3)ccc3c2c(c(COC(C(=O)NS(C)(=O)=O)c2ccccc2)n3Cc2ccc(Cl)cc2)S1. The van der Waals surface area contributed by atoms with Crippen LogP contribution < -0.4 is 9.46 Å². The van der Waals surface area contributed by atoms with Gasteiger partial charge in [0.15, 0.2) is 6.10 Å². The third kappa shape index (κ3) is 7.99. The average molecular weight is 738 g/mol. The predicted molar refractivity (Wildman–Crippen MR) is 202 cm³/mol. The van der Waals surface area contributed by atoms with Crippen molar-refractivity contribution in [2.45, 2.75) is 49.4 Å². The highest BCUT2D eigenvalue weighted by molar-refractivity contribution is 8.00. The molecule has 1 amide bonds. The summed E-state index contributed by atoms with van der Waals surface area (Å²) in [5.41, 5.74) is 7.60. The molecule has 6 aromatic rings. The molecule has 1 aliphatic heterocycles. The van der Waals surface area contributed by atoms with Crippen molar-refractivity contribution in [2.75, 3.05) is 6.26 Å². The van der Waals surface area contributed by atoms with Crippen molar-refractivity contribution in [3.63, 3.8) is 0 Å². The number of amides is 1. The second-order valence-electron chi connectivity index (χ2n) is 12.6. The number of rotatable bonds is 12. The molecule has 0 bridgehead atoms. The Kier molecular flexibility index (Phi) is 10.2. The second kappa shape index (κ2) is 14.9. The molecule has 8 nitrogen and oxygen atoms in total. The third-order valence-electron chi connectivity index (χ3n) is 8.74. The maximum atomic E-state index is 13.3. The van der Waals surface area contributed by atoms with Gasteiger partial charge in [-0.05, 0) is 53.4 Å². The number of thioether (sulfide) groups is 1. The smallest absolute Gasteiger partial charge is 0.267 e. The van der Waals surface area contributed by atoms with Crippen molar-refractivity contribution in [1.29, 1.82) is 0 Å². The van der Waals surface area contributed by atoms with Gasteiger partial charge in [0, 0.05) is 44.4 Å². The van der Waals surface area contributed by atoms with E-state index in [0.29, 0.717) is 23.7 Å². The molecule has 4 aromatic carbocycles. The minimum atomic E-state index is -3.81. The monoisotopic (exact) mass is 737 g/mol. The summed E-state index contributed by atoms with van der Waals surface area (Å²) in [6.07, 6.45) is 2.48. The van der Waals surface area contributed by atoms with Crippen LogP contribution in [-0.4, -0.2) is 35.4 Å². The number of ether oxygens (including phenoxy) is 2. The summed E-state index contributed by atoms with van der Waals surface area (Å²) in [4.78, 5) is 19.0. The highest BCUT2D eigenvalue weighted by Gasteiger charge is 2.31. The van der Waals surface area contributed by atoms with E-state index >= 15 is 0 Å². The molecule has 0 aliphatic carbocycles. The van der Waals surface area contributed by atoms with E-state index in [-0.39, 0.29) is 11.9 Å². The van der Waals surface area contributed by atoms with E-state index in [1.165, 1.54) is 0 Å². The van der Waals surface area contributed by atoms with Crippen LogP contribution in [0.15, 0.2) is 120 Å². The lowest BCUT2D eigenvalue weighted by molar-refractivity contribution is -0.132. The molecule has 11 heteroatoms. The van der Waals surface area contributed by atoms with Crippen molar-refractivity contribution < 1.29 is 22.7 Å². The minimum absolute atomic E-state index is 0.0569. The summed E-state index contributed by atoms with van der Waals surface area (Å²) in [5.74, 6) is 0.0520. The zero-order chi connectivity index (χ0) is 35.5. The zero-order valence-corrected chi connectivity index (χ0v) is 30.5. The number of sulfonamides is 1. The molecule has 2 aromatic heterocycles. The number of aromatic nitrogens is 2. The van der Waals surface area contributed by atoms with Gasteiger partial charge in [0.25, 0.3) is 5.91 Å². The molecule has 2 atom stereocenters. The van der Waals surface area contributed by atoms with Crippen LogP contribution >= 0.6 is 23.4 Å². The van der Waals surface area contributed by atoms with Crippen molar-refractivity contribution in [2.24, 2.45) is 0 Å². The highest BCUT2D eigenvalue weighted by Crippen LogP contribution is 2.47. The van der Waals surface area contributed by atoms with E-state index in [1.54, 1.807) is 36.0 Å². The van der Waals surface area contributed by atoms with Gasteiger partial charge in [-0.1, -0.05) is 97.4 Å². The van der Waals surface area contributed by atoms with E-state index in [9.17, 15) is 13.2 Å². The lowest BCUT2D eigenvalue weighted by atomic mass is 10.0. The summed E-state index contributed by atoms with van der Waals surface area (Å²) in [6.45, 7) is 3.10. The van der Waals surface area contributed by atoms with Gasteiger partial charge in [-0.25, -0.2) is 8.42 Å². The number of halogens is 1. The third-order valence-corrected chi connectivity index (χ3v) is 10.8. The predicted octanol–water partition coefficient (Wildman–Crippen LogP) is 8.35. The van der Waals surface area contributed by atoms with Gasteiger partial charge in [0.05, 0.1) is 29.8 Å². The van der Waals surface area contributed by atoms with Gasteiger partial charge in [0.2, 0.25) is 10.0 Å². The molecule has 0 saturated carbocycles. The van der Waals surface area contributed by atoms with Gasteiger partial charge >= 0.3 is 0 Å². The lowest BCUT2D eigenvalue weighted by Gasteiger charge is -2.23. The average Bonchev–Trinajstić information content (AvgIpc) is 3.41. The minimum Gasteiger partial charge on any atom is -0.487 e. The van der Waals surface area contributed by atoms with Crippen molar-refractivity contribution in [1.82, 2.24) is 14.3 Å². The highest BCUT2D eigenvalue weighted by atomic mass is 35.5. The Balaban J connectivity index is 1.25. The number of carbonyl (C=O) groups is 1. The first-order valence-electron chi connectivity index (χ1n) is 16.5. The summed E-state index contributed by atoms with van der Waals surface area (Å²) in [7, 11) is -3.81. The molecule has 0 saturated heterocycles. The molecule has 0 fully saturated rings. The van der Waals surface area contributed by atoms with Crippen LogP contribution in [0.3, 0.4) is 0 Å². The van der Waals surface area contributed by atoms with Crippen LogP contribution in [0.25, 0.3) is 22.0 Å². The molecule has 7 rings (SSSR count). The van der Waals surface area contributed by atoms with Crippen LogP contribution in [0.4, 0.5) is 0 Å². The Hall–Kier alpha value is -4.61. The fraction of sp³-hybridized carbons (Fsp3) is 0.200. The molecule has 0 spiro atoms. The van der Waals surface area contributed by atoms with Crippen LogP contribution in [0, 0.1) is 0 Å². The Morgan fingerprint density at radius 2 is 1.67 bits per heavy atom. The van der Waals surface area contributed by atoms with Crippen LogP contribution in [0.5, 0.6) is 5.75 Å². The van der Waals surface area contributed by atoms with Crippen LogP contribution in [-0.2, 0) is 45.7 Å². The fourth-order valence-electron chi connectivity index (χ4n) is 6.41. The molecule has 3 heterocycles. The normalized spacial score (nSPS) is 14.7. The number of benzene rings is 4. The van der Waals surface area contributed by atoms with Crippen LogP contribution in [0.1, 0.15) is 41.1 Å². The zero-order valence-electron chi connectivity index (χ0n) is 28.1. The van der Waals surface area contributed by atoms with Crippen LogP contribution in [0.2, 0.25) is 5.02 Å². The van der Waals surface area contributed by atoms with Crippen molar-refractivity contribution >= 4 is 50.2 Å². The summed E-state index contributed by atoms with van der Waals surface area (Å²) < 4.78 is 41.3. The molecule has 260 valence electrons. The topological polar surface area (TPSA) is 99.5 Å². The number of carbonyl (C=O) groups excluding carboxylic acids is 1. The molecule has 1 aliphatic rings. The molecule has 1 N–H and O–H groups in total. The summed E-state index contributed by atoms with van der Waals surface area (Å²) in [5, 5.41) is 1.98. The fourth-order valence-corrected chi connectivity index (χ4v) is 8.31. The second-order valence-corrected chi connectivity index (χ2v) is 16.2. The number of hydrogen-bond acceptors (Lipinski definition) is 7. The molecule has 2 unspecified atom stereocenters. The summed E-state index contributed by atoms with van der Waals surface area (Å²) in [6, 6.07) is 35.0. The number of pyridine rings is 1. The number of hydrogen-bond donors (Lipinski definition) is 1. The van der Waals surface area contributed by atoms with E-state index in [0.717, 1.165) is 67.9 Å². The van der Waals surface area contributed by atoms with Gasteiger partial charge in [0.1, 0.15) is 12.4 Å². The first-order chi connectivity index (χ1) is 24.6. The maximum absolute atomic E-state index is 13.3. The molecular formula is C40H36ClN3O5S2.